The molecule has 0 N–H and O–H groups in total. The lowest BCUT2D eigenvalue weighted by Crippen LogP contribution is -2.43. The number of fused-ring (bicyclic) bond motifs is 20. The van der Waals surface area contributed by atoms with Gasteiger partial charge < -0.3 is 42.6 Å². The minimum atomic E-state index is -0.415. The summed E-state index contributed by atoms with van der Waals surface area (Å²) in [5.74, 6) is 7.42. The monoisotopic (exact) mass is 1200 g/mol. The summed E-state index contributed by atoms with van der Waals surface area (Å²) in [6, 6.07) is 0. The Morgan fingerprint density at radius 2 is 0.835 bits per heavy atom. The minimum Gasteiger partial charge on any atom is -0.462 e. The molecule has 0 aliphatic heterocycles. The molecule has 15 heteroatoms. The summed E-state index contributed by atoms with van der Waals surface area (Å²) >= 11 is 0. The van der Waals surface area contributed by atoms with Gasteiger partial charge in [0.2, 0.25) is 0 Å². The quantitative estimate of drug-likeness (QED) is 0.0327. The van der Waals surface area contributed by atoms with Crippen molar-refractivity contribution in [2.75, 3.05) is 40.2 Å². The molecule has 0 spiro atoms. The van der Waals surface area contributed by atoms with E-state index >= 15 is 0 Å². The predicted octanol–water partition coefficient (Wildman–Crippen LogP) is 15.1. The third kappa shape index (κ3) is 16.4. The van der Waals surface area contributed by atoms with Crippen molar-refractivity contribution in [1.82, 2.24) is 0 Å². The Morgan fingerprint density at radius 1 is 0.435 bits per heavy atom. The van der Waals surface area contributed by atoms with Crippen molar-refractivity contribution in [3.05, 3.63) is 0 Å². The lowest BCUT2D eigenvalue weighted by molar-refractivity contribution is -0.170. The van der Waals surface area contributed by atoms with E-state index in [9.17, 15) is 28.8 Å². The molecule has 11 aliphatic carbocycles. The molecule has 22 unspecified atom stereocenters. The van der Waals surface area contributed by atoms with Gasteiger partial charge in [-0.05, 0) is 213 Å². The Kier molecular flexibility index (Phi) is 29.9. The molecule has 10 bridgehead atoms. The van der Waals surface area contributed by atoms with Crippen LogP contribution in [0.3, 0.4) is 0 Å². The number of hydrogen-bond donors (Lipinski definition) is 0. The van der Waals surface area contributed by atoms with Crippen LogP contribution in [-0.2, 0) is 71.4 Å². The molecule has 85 heavy (non-hydrogen) atoms. The van der Waals surface area contributed by atoms with Crippen LogP contribution in [0.1, 0.15) is 229 Å². The van der Waals surface area contributed by atoms with Crippen molar-refractivity contribution in [1.29, 1.82) is 0 Å². The summed E-state index contributed by atoms with van der Waals surface area (Å²) in [5, 5.41) is 0. The standard InChI is InChI=1S/C22H34O5.C21H32O5.C21H34O5.6CH4/c1-5-22(3,4)21(24)27-17-10-13-9-16(17)19-14-7-12(18(13)19)8-15(14)20(23)26-11-25-6-2;1-4-11(3)20(22)26-17-9-13-8-16(17)19-14-6-12(18(13)19)7-15(14)21(23)25-10-24-5-2;1-3-14(2)20(22)26-19-11-16-9-17(19)18(10-16)21(23)25-13-24-12-15-7-5-4-6-8-15;;;;;;/h12-19H,5-11H2,1-4H3;11-19H,4-10H2,1-3H3;14-19H,3-13H2,1-2H3;6*1H4. The topological polar surface area (TPSA) is 185 Å². The molecular formula is C70H124O15. The van der Waals surface area contributed by atoms with Crippen LogP contribution in [0.2, 0.25) is 0 Å². The van der Waals surface area contributed by atoms with Gasteiger partial charge in [-0.25, -0.2) is 0 Å². The summed E-state index contributed by atoms with van der Waals surface area (Å²) in [6.45, 7) is 19.6. The van der Waals surface area contributed by atoms with Crippen LogP contribution in [0.15, 0.2) is 0 Å². The first-order valence-corrected chi connectivity index (χ1v) is 31.8. The van der Waals surface area contributed by atoms with E-state index in [0.29, 0.717) is 90.8 Å². The molecule has 0 aromatic carbocycles. The minimum absolute atomic E-state index is 0. The zero-order valence-electron chi connectivity index (χ0n) is 49.6. The Hall–Kier alpha value is -3.30. The molecule has 0 radical (unpaired) electrons. The van der Waals surface area contributed by atoms with Gasteiger partial charge in [-0.15, -0.1) is 0 Å². The van der Waals surface area contributed by atoms with E-state index in [2.05, 4.69) is 0 Å². The fourth-order valence-electron chi connectivity index (χ4n) is 18.3. The number of carbonyl (C=O) groups is 6. The molecule has 0 aromatic heterocycles. The van der Waals surface area contributed by atoms with Gasteiger partial charge in [-0.1, -0.05) is 98.4 Å². The zero-order valence-corrected chi connectivity index (χ0v) is 49.6. The molecule has 0 amide bonds. The van der Waals surface area contributed by atoms with Gasteiger partial charge in [-0.2, -0.15) is 0 Å². The Labute approximate surface area is 516 Å². The molecule has 0 saturated heterocycles. The van der Waals surface area contributed by atoms with Crippen LogP contribution in [-0.4, -0.2) is 94.3 Å². The molecule has 11 saturated carbocycles. The largest absolute Gasteiger partial charge is 0.462 e. The van der Waals surface area contributed by atoms with Gasteiger partial charge in [0.25, 0.3) is 0 Å². The molecule has 0 heterocycles. The first-order valence-electron chi connectivity index (χ1n) is 31.8. The number of carbonyl (C=O) groups excluding carboxylic acids is 6. The van der Waals surface area contributed by atoms with Gasteiger partial charge >= 0.3 is 35.8 Å². The highest BCUT2D eigenvalue weighted by molar-refractivity contribution is 5.77. The maximum atomic E-state index is 12.6. The lowest BCUT2D eigenvalue weighted by atomic mass is 9.66. The number of esters is 6. The van der Waals surface area contributed by atoms with Gasteiger partial charge in [-0.3, -0.25) is 28.8 Å². The van der Waals surface area contributed by atoms with Gasteiger partial charge in [0, 0.05) is 19.1 Å². The third-order valence-electron chi connectivity index (χ3n) is 22.8. The van der Waals surface area contributed by atoms with Crippen LogP contribution in [0, 0.1) is 124 Å². The highest BCUT2D eigenvalue weighted by Crippen LogP contribution is 2.71. The molecular weight excluding hydrogens is 1080 g/mol. The number of hydrogen-bond acceptors (Lipinski definition) is 15. The number of ether oxygens (including phenoxy) is 9. The van der Waals surface area contributed by atoms with Gasteiger partial charge in [0.15, 0.2) is 20.4 Å². The van der Waals surface area contributed by atoms with Crippen molar-refractivity contribution in [3.63, 3.8) is 0 Å². The Morgan fingerprint density at radius 3 is 1.26 bits per heavy atom. The van der Waals surface area contributed by atoms with E-state index in [1.807, 2.05) is 62.3 Å². The fraction of sp³-hybridized carbons (Fsp3) is 0.914. The van der Waals surface area contributed by atoms with E-state index in [1.54, 1.807) is 0 Å². The summed E-state index contributed by atoms with van der Waals surface area (Å²) in [4.78, 5) is 74.5. The first-order chi connectivity index (χ1) is 38.0. The average molecular weight is 1210 g/mol. The van der Waals surface area contributed by atoms with Crippen LogP contribution in [0.4, 0.5) is 0 Å². The van der Waals surface area contributed by atoms with Crippen LogP contribution in [0.5, 0.6) is 0 Å². The second-order valence-corrected chi connectivity index (χ2v) is 27.3. The second-order valence-electron chi connectivity index (χ2n) is 27.3. The highest BCUT2D eigenvalue weighted by Gasteiger charge is 2.68. The molecule has 15 nitrogen and oxygen atoms in total. The van der Waals surface area contributed by atoms with Crippen molar-refractivity contribution in [3.8, 4) is 0 Å². The molecule has 0 aromatic rings. The third-order valence-corrected chi connectivity index (χ3v) is 22.8. The van der Waals surface area contributed by atoms with Crippen molar-refractivity contribution in [2.45, 2.75) is 247 Å². The molecule has 11 rings (SSSR count). The SMILES string of the molecule is C.C.C.C.C.C.CCC(C)C(=O)OC1CC2CC(C(=O)OCOCC3CCCCC3)C1C2.CCOCOC(=O)C1CC2CC1C1C3CC(CC3OC(=O)C(C)(C)CC)C21.CCOCOC(=O)C1CC2CC1C1C3CC(CC3OC(=O)C(C)CC)C21. The fourth-order valence-corrected chi connectivity index (χ4v) is 18.3. The summed E-state index contributed by atoms with van der Waals surface area (Å²) in [7, 11) is 0. The molecule has 494 valence electrons. The number of rotatable bonds is 22. The zero-order chi connectivity index (χ0) is 56.3. The van der Waals surface area contributed by atoms with E-state index in [1.165, 1.54) is 44.9 Å². The van der Waals surface area contributed by atoms with Crippen LogP contribution >= 0.6 is 0 Å². The van der Waals surface area contributed by atoms with Crippen LogP contribution in [0.25, 0.3) is 0 Å². The predicted molar refractivity (Wildman–Crippen MR) is 332 cm³/mol. The van der Waals surface area contributed by atoms with Crippen molar-refractivity contribution >= 4 is 35.8 Å². The van der Waals surface area contributed by atoms with Crippen molar-refractivity contribution in [2.24, 2.45) is 124 Å². The maximum Gasteiger partial charge on any atom is 0.311 e. The molecule has 11 aliphatic rings. The van der Waals surface area contributed by atoms with E-state index < -0.39 is 5.41 Å². The van der Waals surface area contributed by atoms with Gasteiger partial charge in [0.1, 0.15) is 18.3 Å². The summed E-state index contributed by atoms with van der Waals surface area (Å²) < 4.78 is 49.7. The average Bonchev–Trinajstić information content (AvgIpc) is 1.58. The summed E-state index contributed by atoms with van der Waals surface area (Å²) in [6.07, 6.45) is 20.2. The van der Waals surface area contributed by atoms with Crippen LogP contribution < -0.4 is 0 Å². The van der Waals surface area contributed by atoms with E-state index in [4.69, 9.17) is 42.6 Å². The van der Waals surface area contributed by atoms with E-state index in [-0.39, 0.29) is 155 Å². The van der Waals surface area contributed by atoms with Crippen molar-refractivity contribution < 1.29 is 71.4 Å². The normalized spacial score (nSPS) is 36.4. The Bertz CT molecular complexity index is 2110. The molecule has 11 fully saturated rings. The van der Waals surface area contributed by atoms with Gasteiger partial charge in [0.05, 0.1) is 41.6 Å². The highest BCUT2D eigenvalue weighted by atomic mass is 16.7. The molecule has 22 atom stereocenters. The Balaban J connectivity index is 0.000000323. The first kappa shape index (κ1) is 75.9. The summed E-state index contributed by atoms with van der Waals surface area (Å²) in [5.41, 5.74) is -0.415. The second kappa shape index (κ2) is 33.5. The van der Waals surface area contributed by atoms with E-state index in [0.717, 1.165) is 88.9 Å². The lowest BCUT2D eigenvalue weighted by Gasteiger charge is -2.41. The smallest absolute Gasteiger partial charge is 0.311 e. The maximum absolute atomic E-state index is 12.6.